The molecule has 0 unspecified atom stereocenters. The Balaban J connectivity index is 2.38. The molecule has 0 heterocycles. The molecule has 0 aromatic heterocycles. The molecule has 0 atom stereocenters. The maximum atomic E-state index is 11.6. The Labute approximate surface area is 128 Å². The summed E-state index contributed by atoms with van der Waals surface area (Å²) < 4.78 is 9.93. The highest BCUT2D eigenvalue weighted by atomic mass is 16.6. The number of hydrogen-bond donors (Lipinski definition) is 0. The lowest BCUT2D eigenvalue weighted by atomic mass is 10.2. The number of nitro benzene ring substituents is 1. The van der Waals surface area contributed by atoms with E-state index >= 15 is 0 Å². The summed E-state index contributed by atoms with van der Waals surface area (Å²) in [5.74, 6) is -0.828. The zero-order valence-corrected chi connectivity index (χ0v) is 12.6. The normalized spacial score (nSPS) is 10.3. The van der Waals surface area contributed by atoms with Crippen molar-refractivity contribution in [3.63, 3.8) is 0 Å². The van der Waals surface area contributed by atoms with E-state index in [1.165, 1.54) is 18.2 Å². The molecule has 0 saturated carbocycles. The number of hydrogen-bond acceptors (Lipinski definition) is 6. The van der Waals surface area contributed by atoms with Crippen LogP contribution >= 0.6 is 0 Å². The van der Waals surface area contributed by atoms with Gasteiger partial charge in [-0.15, -0.1) is 0 Å². The molecular weight excluding hydrogens is 290 g/mol. The fourth-order valence-electron chi connectivity index (χ4n) is 1.58. The smallest absolute Gasteiger partial charge is 0.311 e. The van der Waals surface area contributed by atoms with Crippen LogP contribution in [0.2, 0.25) is 0 Å². The van der Waals surface area contributed by atoms with E-state index in [0.717, 1.165) is 0 Å². The second kappa shape index (κ2) is 8.76. The van der Waals surface area contributed by atoms with Gasteiger partial charge in [0.1, 0.15) is 0 Å². The van der Waals surface area contributed by atoms with E-state index < -0.39 is 10.9 Å². The fourth-order valence-corrected chi connectivity index (χ4v) is 1.58. The Kier molecular flexibility index (Phi) is 7.01. The first kappa shape index (κ1) is 17.6. The van der Waals surface area contributed by atoms with Crippen molar-refractivity contribution in [1.29, 1.82) is 0 Å². The van der Waals surface area contributed by atoms with Gasteiger partial charge in [0.25, 0.3) is 0 Å². The van der Waals surface area contributed by atoms with Crippen molar-refractivity contribution in [2.24, 2.45) is 5.92 Å². The standard InChI is InChI=1S/C15H19NO6/c1-11(2)10-21-14(17)8-5-9-15(18)22-13-7-4-3-6-12(13)16(19)20/h3-4,6-7,11H,5,8-10H2,1-2H3. The summed E-state index contributed by atoms with van der Waals surface area (Å²) in [5, 5.41) is 10.8. The minimum atomic E-state index is -0.619. The minimum absolute atomic E-state index is 0.0111. The Hall–Kier alpha value is -2.44. The molecule has 1 aromatic rings. The molecule has 0 fully saturated rings. The van der Waals surface area contributed by atoms with Crippen LogP contribution in [0.1, 0.15) is 33.1 Å². The van der Waals surface area contributed by atoms with Crippen molar-refractivity contribution in [1.82, 2.24) is 0 Å². The van der Waals surface area contributed by atoms with Gasteiger partial charge in [0.05, 0.1) is 11.5 Å². The van der Waals surface area contributed by atoms with Crippen LogP contribution in [-0.4, -0.2) is 23.5 Å². The average molecular weight is 309 g/mol. The molecule has 0 aliphatic rings. The monoisotopic (exact) mass is 309 g/mol. The van der Waals surface area contributed by atoms with Gasteiger partial charge >= 0.3 is 17.6 Å². The molecule has 7 heteroatoms. The number of esters is 2. The maximum Gasteiger partial charge on any atom is 0.311 e. The summed E-state index contributed by atoms with van der Waals surface area (Å²) >= 11 is 0. The van der Waals surface area contributed by atoms with E-state index in [4.69, 9.17) is 9.47 Å². The SMILES string of the molecule is CC(C)COC(=O)CCCC(=O)Oc1ccccc1[N+](=O)[O-]. The largest absolute Gasteiger partial charge is 0.465 e. The van der Waals surface area contributed by atoms with Gasteiger partial charge in [-0.3, -0.25) is 19.7 Å². The minimum Gasteiger partial charge on any atom is -0.465 e. The molecule has 0 saturated heterocycles. The summed E-state index contributed by atoms with van der Waals surface area (Å²) in [7, 11) is 0. The average Bonchev–Trinajstić information content (AvgIpc) is 2.45. The second-order valence-electron chi connectivity index (χ2n) is 5.13. The van der Waals surface area contributed by atoms with Crippen LogP contribution in [-0.2, 0) is 14.3 Å². The molecule has 0 bridgehead atoms. The first-order chi connectivity index (χ1) is 10.4. The molecule has 120 valence electrons. The molecular formula is C15H19NO6. The summed E-state index contributed by atoms with van der Waals surface area (Å²) in [4.78, 5) is 33.2. The summed E-state index contributed by atoms with van der Waals surface area (Å²) in [6.45, 7) is 4.20. The van der Waals surface area contributed by atoms with E-state index in [1.807, 2.05) is 13.8 Å². The fraction of sp³-hybridized carbons (Fsp3) is 0.467. The number of carbonyl (C=O) groups is 2. The third-order valence-electron chi connectivity index (χ3n) is 2.63. The number of nitro groups is 1. The van der Waals surface area contributed by atoms with Gasteiger partial charge in [-0.25, -0.2) is 0 Å². The van der Waals surface area contributed by atoms with Crippen molar-refractivity contribution in [3.05, 3.63) is 34.4 Å². The Bertz CT molecular complexity index is 541. The molecule has 22 heavy (non-hydrogen) atoms. The number of ether oxygens (including phenoxy) is 2. The van der Waals surface area contributed by atoms with E-state index in [1.54, 1.807) is 6.07 Å². The number of rotatable bonds is 8. The van der Waals surface area contributed by atoms with Gasteiger partial charge < -0.3 is 9.47 Å². The highest BCUT2D eigenvalue weighted by Crippen LogP contribution is 2.26. The lowest BCUT2D eigenvalue weighted by molar-refractivity contribution is -0.385. The van der Waals surface area contributed by atoms with Gasteiger partial charge in [0.15, 0.2) is 0 Å². The van der Waals surface area contributed by atoms with E-state index in [2.05, 4.69) is 0 Å². The van der Waals surface area contributed by atoms with E-state index in [9.17, 15) is 19.7 Å². The number of carbonyl (C=O) groups excluding carboxylic acids is 2. The van der Waals surface area contributed by atoms with Crippen molar-refractivity contribution in [2.75, 3.05) is 6.61 Å². The van der Waals surface area contributed by atoms with Crippen molar-refractivity contribution in [2.45, 2.75) is 33.1 Å². The molecule has 7 nitrogen and oxygen atoms in total. The molecule has 1 rings (SSSR count). The predicted molar refractivity (Wildman–Crippen MR) is 78.4 cm³/mol. The van der Waals surface area contributed by atoms with Crippen molar-refractivity contribution < 1.29 is 24.0 Å². The lowest BCUT2D eigenvalue weighted by Gasteiger charge is -2.07. The first-order valence-corrected chi connectivity index (χ1v) is 7.00. The maximum absolute atomic E-state index is 11.6. The molecule has 0 N–H and O–H groups in total. The van der Waals surface area contributed by atoms with Gasteiger partial charge in [-0.2, -0.15) is 0 Å². The quantitative estimate of drug-likeness (QED) is 0.317. The van der Waals surface area contributed by atoms with Crippen LogP contribution in [0.15, 0.2) is 24.3 Å². The van der Waals surface area contributed by atoms with Crippen LogP contribution in [0, 0.1) is 16.0 Å². The van der Waals surface area contributed by atoms with Gasteiger partial charge in [-0.05, 0) is 18.4 Å². The molecule has 1 aromatic carbocycles. The van der Waals surface area contributed by atoms with Gasteiger partial charge in [-0.1, -0.05) is 26.0 Å². The van der Waals surface area contributed by atoms with Crippen molar-refractivity contribution >= 4 is 17.6 Å². The zero-order valence-electron chi connectivity index (χ0n) is 12.6. The molecule has 0 radical (unpaired) electrons. The summed E-state index contributed by atoms with van der Waals surface area (Å²) in [6.07, 6.45) is 0.373. The third-order valence-corrected chi connectivity index (χ3v) is 2.63. The summed E-state index contributed by atoms with van der Waals surface area (Å²) in [6, 6.07) is 5.64. The van der Waals surface area contributed by atoms with Crippen LogP contribution in [0.4, 0.5) is 5.69 Å². The van der Waals surface area contributed by atoms with Crippen LogP contribution in [0.3, 0.4) is 0 Å². The van der Waals surface area contributed by atoms with Crippen LogP contribution in [0.25, 0.3) is 0 Å². The topological polar surface area (TPSA) is 95.7 Å². The zero-order chi connectivity index (χ0) is 16.5. The lowest BCUT2D eigenvalue weighted by Crippen LogP contribution is -2.12. The summed E-state index contributed by atoms with van der Waals surface area (Å²) in [5.41, 5.74) is -0.271. The molecule has 0 spiro atoms. The first-order valence-electron chi connectivity index (χ1n) is 7.00. The number of para-hydroxylation sites is 2. The molecule has 0 aliphatic heterocycles. The molecule has 0 amide bonds. The Morgan fingerprint density at radius 2 is 1.82 bits per heavy atom. The van der Waals surface area contributed by atoms with Gasteiger partial charge in [0, 0.05) is 18.9 Å². The van der Waals surface area contributed by atoms with Gasteiger partial charge in [0.2, 0.25) is 5.75 Å². The van der Waals surface area contributed by atoms with E-state index in [0.29, 0.717) is 6.61 Å². The number of nitrogens with zero attached hydrogens (tertiary/aromatic N) is 1. The Morgan fingerprint density at radius 3 is 2.45 bits per heavy atom. The van der Waals surface area contributed by atoms with Crippen LogP contribution < -0.4 is 4.74 Å². The molecule has 0 aliphatic carbocycles. The van der Waals surface area contributed by atoms with E-state index in [-0.39, 0.29) is 42.6 Å². The second-order valence-corrected chi connectivity index (χ2v) is 5.13. The highest BCUT2D eigenvalue weighted by molar-refractivity contribution is 5.75. The highest BCUT2D eigenvalue weighted by Gasteiger charge is 2.17. The predicted octanol–water partition coefficient (Wildman–Crippen LogP) is 2.87. The van der Waals surface area contributed by atoms with Crippen molar-refractivity contribution in [3.8, 4) is 5.75 Å². The van der Waals surface area contributed by atoms with Crippen LogP contribution in [0.5, 0.6) is 5.75 Å². The third kappa shape index (κ3) is 6.34. The Morgan fingerprint density at radius 1 is 1.18 bits per heavy atom. The number of benzene rings is 1.